The number of carbonyl (C=O) groups is 1. The summed E-state index contributed by atoms with van der Waals surface area (Å²) >= 11 is 3.38. The molecule has 1 aliphatic heterocycles. The van der Waals surface area contributed by atoms with Gasteiger partial charge in [-0.15, -0.1) is 0 Å². The van der Waals surface area contributed by atoms with Crippen molar-refractivity contribution in [2.75, 3.05) is 11.9 Å². The maximum atomic E-state index is 11.7. The smallest absolute Gasteiger partial charge is 0.225 e. The molecule has 1 aromatic rings. The standard InChI is InChI=1S/C13H17BrN2O2/c1-9-11(14)5-6-12(15-9)16-13(17)7-4-10-3-2-8-18-10/h5-6,10H,2-4,7-8H2,1H3,(H,15,16,17)/t10-/m1/s1. The highest BCUT2D eigenvalue weighted by molar-refractivity contribution is 9.10. The van der Waals surface area contributed by atoms with E-state index < -0.39 is 0 Å². The molecule has 1 fully saturated rings. The number of pyridine rings is 1. The van der Waals surface area contributed by atoms with E-state index in [2.05, 4.69) is 26.2 Å². The van der Waals surface area contributed by atoms with E-state index in [9.17, 15) is 4.79 Å². The fourth-order valence-electron chi connectivity index (χ4n) is 1.98. The molecule has 1 atom stereocenters. The Morgan fingerprint density at radius 3 is 3.11 bits per heavy atom. The Morgan fingerprint density at radius 2 is 2.44 bits per heavy atom. The van der Waals surface area contributed by atoms with Crippen LogP contribution in [-0.2, 0) is 9.53 Å². The number of nitrogens with one attached hydrogen (secondary N) is 1. The average Bonchev–Trinajstić information content (AvgIpc) is 2.84. The molecule has 2 heterocycles. The number of hydrogen-bond donors (Lipinski definition) is 1. The first-order chi connectivity index (χ1) is 8.65. The van der Waals surface area contributed by atoms with Crippen molar-refractivity contribution in [3.05, 3.63) is 22.3 Å². The highest BCUT2D eigenvalue weighted by Crippen LogP contribution is 2.18. The van der Waals surface area contributed by atoms with E-state index in [1.807, 2.05) is 13.0 Å². The van der Waals surface area contributed by atoms with Crippen LogP contribution in [0.1, 0.15) is 31.4 Å². The summed E-state index contributed by atoms with van der Waals surface area (Å²) in [5.74, 6) is 0.604. The Labute approximate surface area is 115 Å². The molecule has 98 valence electrons. The van der Waals surface area contributed by atoms with Crippen LogP contribution >= 0.6 is 15.9 Å². The molecule has 0 aliphatic carbocycles. The van der Waals surface area contributed by atoms with Gasteiger partial charge in [0.1, 0.15) is 5.82 Å². The summed E-state index contributed by atoms with van der Waals surface area (Å²) in [4.78, 5) is 16.0. The third-order valence-electron chi connectivity index (χ3n) is 3.01. The molecule has 0 radical (unpaired) electrons. The molecule has 1 saturated heterocycles. The van der Waals surface area contributed by atoms with Gasteiger partial charge in [0.2, 0.25) is 5.91 Å². The zero-order chi connectivity index (χ0) is 13.0. The molecule has 1 N–H and O–H groups in total. The van der Waals surface area contributed by atoms with Crippen LogP contribution in [0.5, 0.6) is 0 Å². The van der Waals surface area contributed by atoms with Crippen LogP contribution in [0.4, 0.5) is 5.82 Å². The molecule has 5 heteroatoms. The zero-order valence-corrected chi connectivity index (χ0v) is 12.0. The summed E-state index contributed by atoms with van der Waals surface area (Å²) in [6.07, 6.45) is 3.72. The third kappa shape index (κ3) is 3.78. The van der Waals surface area contributed by atoms with Crippen LogP contribution in [0, 0.1) is 6.92 Å². The number of aryl methyl sites for hydroxylation is 1. The molecule has 0 bridgehead atoms. The monoisotopic (exact) mass is 312 g/mol. The predicted molar refractivity (Wildman–Crippen MR) is 73.5 cm³/mol. The summed E-state index contributed by atoms with van der Waals surface area (Å²) < 4.78 is 6.43. The van der Waals surface area contributed by atoms with Gasteiger partial charge in [-0.2, -0.15) is 0 Å². The second kappa shape index (κ2) is 6.29. The van der Waals surface area contributed by atoms with Gasteiger partial charge in [-0.05, 0) is 54.2 Å². The number of halogens is 1. The van der Waals surface area contributed by atoms with Gasteiger partial charge in [-0.1, -0.05) is 0 Å². The number of rotatable bonds is 4. The molecule has 1 aliphatic rings. The van der Waals surface area contributed by atoms with Gasteiger partial charge in [0, 0.05) is 17.5 Å². The van der Waals surface area contributed by atoms with Crippen LogP contribution in [0.3, 0.4) is 0 Å². The minimum absolute atomic E-state index is 0.000257. The molecule has 4 nitrogen and oxygen atoms in total. The summed E-state index contributed by atoms with van der Waals surface area (Å²) in [5, 5.41) is 2.81. The Hall–Kier alpha value is -0.940. The predicted octanol–water partition coefficient (Wildman–Crippen LogP) is 3.05. The lowest BCUT2D eigenvalue weighted by molar-refractivity contribution is -0.116. The Bertz CT molecular complexity index is 431. The van der Waals surface area contributed by atoms with Crippen molar-refractivity contribution in [3.8, 4) is 0 Å². The van der Waals surface area contributed by atoms with Crippen LogP contribution in [0.25, 0.3) is 0 Å². The van der Waals surface area contributed by atoms with Gasteiger partial charge in [0.25, 0.3) is 0 Å². The van der Waals surface area contributed by atoms with Gasteiger partial charge in [-0.3, -0.25) is 4.79 Å². The second-order valence-corrected chi connectivity index (χ2v) is 5.34. The number of hydrogen-bond acceptors (Lipinski definition) is 3. The molecule has 1 aromatic heterocycles. The first-order valence-corrected chi connectivity index (χ1v) is 6.99. The van der Waals surface area contributed by atoms with Crippen LogP contribution < -0.4 is 5.32 Å². The first-order valence-electron chi connectivity index (χ1n) is 6.20. The van der Waals surface area contributed by atoms with Crippen LogP contribution in [-0.4, -0.2) is 23.6 Å². The summed E-state index contributed by atoms with van der Waals surface area (Å²) in [5.41, 5.74) is 0.868. The molecule has 18 heavy (non-hydrogen) atoms. The molecular formula is C13H17BrN2O2. The highest BCUT2D eigenvalue weighted by atomic mass is 79.9. The van der Waals surface area contributed by atoms with Crippen molar-refractivity contribution < 1.29 is 9.53 Å². The van der Waals surface area contributed by atoms with Crippen LogP contribution in [0.2, 0.25) is 0 Å². The summed E-state index contributed by atoms with van der Waals surface area (Å²) in [6.45, 7) is 2.73. The highest BCUT2D eigenvalue weighted by Gasteiger charge is 2.16. The zero-order valence-electron chi connectivity index (χ0n) is 10.4. The largest absolute Gasteiger partial charge is 0.378 e. The maximum absolute atomic E-state index is 11.7. The molecule has 0 saturated carbocycles. The maximum Gasteiger partial charge on any atom is 0.225 e. The van der Waals surface area contributed by atoms with Gasteiger partial charge in [0.05, 0.1) is 11.8 Å². The molecule has 0 unspecified atom stereocenters. The molecular weight excluding hydrogens is 296 g/mol. The Morgan fingerprint density at radius 1 is 1.61 bits per heavy atom. The normalized spacial score (nSPS) is 18.9. The lowest BCUT2D eigenvalue weighted by atomic mass is 10.1. The van der Waals surface area contributed by atoms with E-state index >= 15 is 0 Å². The number of anilines is 1. The quantitative estimate of drug-likeness (QED) is 0.929. The number of amides is 1. The molecule has 0 spiro atoms. The minimum atomic E-state index is -0.000257. The topological polar surface area (TPSA) is 51.2 Å². The molecule has 2 rings (SSSR count). The number of aromatic nitrogens is 1. The van der Waals surface area contributed by atoms with Gasteiger partial charge in [0.15, 0.2) is 0 Å². The van der Waals surface area contributed by atoms with Crippen molar-refractivity contribution in [2.24, 2.45) is 0 Å². The van der Waals surface area contributed by atoms with Crippen molar-refractivity contribution in [2.45, 2.75) is 38.7 Å². The fraction of sp³-hybridized carbons (Fsp3) is 0.538. The van der Waals surface area contributed by atoms with E-state index in [-0.39, 0.29) is 12.0 Å². The minimum Gasteiger partial charge on any atom is -0.378 e. The molecule has 0 aromatic carbocycles. The molecule has 1 amide bonds. The lowest BCUT2D eigenvalue weighted by Crippen LogP contribution is -2.16. The lowest BCUT2D eigenvalue weighted by Gasteiger charge is -2.09. The van der Waals surface area contributed by atoms with Crippen molar-refractivity contribution >= 4 is 27.7 Å². The van der Waals surface area contributed by atoms with Gasteiger partial charge in [-0.25, -0.2) is 4.98 Å². The first kappa shape index (κ1) is 13.5. The van der Waals surface area contributed by atoms with E-state index in [0.717, 1.165) is 36.0 Å². The number of carbonyl (C=O) groups excluding carboxylic acids is 1. The summed E-state index contributed by atoms with van der Waals surface area (Å²) in [6, 6.07) is 3.68. The van der Waals surface area contributed by atoms with E-state index in [4.69, 9.17) is 4.74 Å². The van der Waals surface area contributed by atoms with E-state index in [0.29, 0.717) is 12.2 Å². The number of nitrogens with zero attached hydrogens (tertiary/aromatic N) is 1. The van der Waals surface area contributed by atoms with Crippen molar-refractivity contribution in [1.29, 1.82) is 0 Å². The van der Waals surface area contributed by atoms with Crippen molar-refractivity contribution in [3.63, 3.8) is 0 Å². The fourth-order valence-corrected chi connectivity index (χ4v) is 2.20. The van der Waals surface area contributed by atoms with Gasteiger partial charge < -0.3 is 10.1 Å². The average molecular weight is 313 g/mol. The van der Waals surface area contributed by atoms with Crippen LogP contribution in [0.15, 0.2) is 16.6 Å². The second-order valence-electron chi connectivity index (χ2n) is 4.49. The third-order valence-corrected chi connectivity index (χ3v) is 3.84. The van der Waals surface area contributed by atoms with E-state index in [1.54, 1.807) is 6.07 Å². The summed E-state index contributed by atoms with van der Waals surface area (Å²) in [7, 11) is 0. The Kier molecular flexibility index (Phi) is 4.72. The SMILES string of the molecule is Cc1nc(NC(=O)CC[C@H]2CCCO2)ccc1Br. The Balaban J connectivity index is 1.80. The van der Waals surface area contributed by atoms with Gasteiger partial charge >= 0.3 is 0 Å². The number of ether oxygens (including phenoxy) is 1. The van der Waals surface area contributed by atoms with Crippen molar-refractivity contribution in [1.82, 2.24) is 4.98 Å². The van der Waals surface area contributed by atoms with E-state index in [1.165, 1.54) is 0 Å².